The number of hydrogen-bond acceptors (Lipinski definition) is 4. The number of aryl methyl sites for hydroxylation is 1. The number of rotatable bonds is 6. The van der Waals surface area contributed by atoms with Crippen LogP contribution >= 0.6 is 11.6 Å². The second-order valence-electron chi connectivity index (χ2n) is 4.12. The normalized spacial score (nSPS) is 10.6. The molecule has 0 aliphatic carbocycles. The number of carboxylic acids is 1. The predicted molar refractivity (Wildman–Crippen MR) is 68.9 cm³/mol. The molecule has 0 radical (unpaired) electrons. The van der Waals surface area contributed by atoms with Crippen LogP contribution in [0.3, 0.4) is 0 Å². The highest BCUT2D eigenvalue weighted by Crippen LogP contribution is 2.12. The number of aliphatic carboxylic acids is 1. The fourth-order valence-corrected chi connectivity index (χ4v) is 1.81. The average Bonchev–Trinajstić information content (AvgIpc) is 2.79. The molecule has 0 bridgehead atoms. The molecule has 1 N–H and O–H groups in total. The lowest BCUT2D eigenvalue weighted by atomic mass is 10.1. The summed E-state index contributed by atoms with van der Waals surface area (Å²) in [6.07, 6.45) is 1.21. The van der Waals surface area contributed by atoms with Crippen molar-refractivity contribution in [2.24, 2.45) is 0 Å². The Balaban J connectivity index is 1.99. The van der Waals surface area contributed by atoms with E-state index in [1.54, 1.807) is 4.68 Å². The highest BCUT2D eigenvalue weighted by Gasteiger charge is 2.07. The Morgan fingerprint density at radius 2 is 2.05 bits per heavy atom. The zero-order chi connectivity index (χ0) is 13.7. The van der Waals surface area contributed by atoms with Crippen LogP contribution in [0.15, 0.2) is 24.3 Å². The molecule has 1 aromatic carbocycles. The molecule has 0 aliphatic rings. The number of hydrogen-bond donors (Lipinski definition) is 1. The van der Waals surface area contributed by atoms with E-state index in [2.05, 4.69) is 15.5 Å². The maximum Gasteiger partial charge on any atom is 0.303 e. The van der Waals surface area contributed by atoms with E-state index in [9.17, 15) is 4.79 Å². The first-order valence-electron chi connectivity index (χ1n) is 5.86. The molecular formula is C12H13ClN4O2. The highest BCUT2D eigenvalue weighted by molar-refractivity contribution is 6.30. The molecule has 2 aromatic rings. The van der Waals surface area contributed by atoms with Gasteiger partial charge in [-0.25, -0.2) is 4.68 Å². The Kier molecular flexibility index (Phi) is 4.46. The van der Waals surface area contributed by atoms with E-state index in [0.717, 1.165) is 5.56 Å². The lowest BCUT2D eigenvalue weighted by molar-refractivity contribution is -0.137. The summed E-state index contributed by atoms with van der Waals surface area (Å²) < 4.78 is 1.64. The molecule has 0 saturated heterocycles. The summed E-state index contributed by atoms with van der Waals surface area (Å²) in [5.74, 6) is -0.0972. The lowest BCUT2D eigenvalue weighted by Crippen LogP contribution is -2.08. The van der Waals surface area contributed by atoms with Crippen LogP contribution in [0.1, 0.15) is 24.2 Å². The monoisotopic (exact) mass is 280 g/mol. The highest BCUT2D eigenvalue weighted by atomic mass is 35.5. The Bertz CT molecular complexity index is 553. The van der Waals surface area contributed by atoms with Gasteiger partial charge in [0, 0.05) is 24.4 Å². The van der Waals surface area contributed by atoms with Crippen LogP contribution in [0, 0.1) is 0 Å². The smallest absolute Gasteiger partial charge is 0.303 e. The summed E-state index contributed by atoms with van der Waals surface area (Å²) in [6.45, 7) is 0.502. The van der Waals surface area contributed by atoms with Crippen molar-refractivity contribution in [1.82, 2.24) is 20.2 Å². The Hall–Kier alpha value is -1.95. The minimum absolute atomic E-state index is 0.111. The standard InChI is InChI=1S/C12H13ClN4O2/c13-10-5-3-9(4-6-10)8-11-14-15-16-17(11)7-1-2-12(18)19/h3-6H,1-2,7-8H2,(H,18,19). The summed E-state index contributed by atoms with van der Waals surface area (Å²) in [4.78, 5) is 10.5. The first-order chi connectivity index (χ1) is 9.15. The van der Waals surface area contributed by atoms with Gasteiger partial charge in [0.05, 0.1) is 0 Å². The maximum atomic E-state index is 10.5. The summed E-state index contributed by atoms with van der Waals surface area (Å²) in [5.41, 5.74) is 1.05. The molecule has 1 aromatic heterocycles. The summed E-state index contributed by atoms with van der Waals surface area (Å²) in [5, 5.41) is 20.7. The largest absolute Gasteiger partial charge is 0.481 e. The van der Waals surface area contributed by atoms with Crippen molar-refractivity contribution in [1.29, 1.82) is 0 Å². The van der Waals surface area contributed by atoms with Gasteiger partial charge in [-0.15, -0.1) is 5.10 Å². The van der Waals surface area contributed by atoms with Gasteiger partial charge in [-0.3, -0.25) is 4.79 Å². The van der Waals surface area contributed by atoms with Crippen LogP contribution in [0.5, 0.6) is 0 Å². The number of carbonyl (C=O) groups is 1. The van der Waals surface area contributed by atoms with Crippen molar-refractivity contribution in [3.05, 3.63) is 40.7 Å². The predicted octanol–water partition coefficient (Wildman–Crippen LogP) is 1.78. The third-order valence-electron chi connectivity index (χ3n) is 2.64. The molecule has 19 heavy (non-hydrogen) atoms. The average molecular weight is 281 g/mol. The van der Waals surface area contributed by atoms with Gasteiger partial charge in [0.1, 0.15) is 0 Å². The van der Waals surface area contributed by atoms with E-state index in [1.165, 1.54) is 0 Å². The van der Waals surface area contributed by atoms with Crippen LogP contribution in [-0.4, -0.2) is 31.3 Å². The molecule has 0 fully saturated rings. The molecule has 1 heterocycles. The van der Waals surface area contributed by atoms with Gasteiger partial charge in [0.15, 0.2) is 5.82 Å². The second kappa shape index (κ2) is 6.29. The molecule has 0 aliphatic heterocycles. The number of halogens is 1. The Morgan fingerprint density at radius 1 is 1.32 bits per heavy atom. The lowest BCUT2D eigenvalue weighted by Gasteiger charge is -2.04. The SMILES string of the molecule is O=C(O)CCCn1nnnc1Cc1ccc(Cl)cc1. The van der Waals surface area contributed by atoms with Gasteiger partial charge in [0.25, 0.3) is 0 Å². The van der Waals surface area contributed by atoms with Crippen molar-refractivity contribution in [2.75, 3.05) is 0 Å². The minimum atomic E-state index is -0.813. The van der Waals surface area contributed by atoms with E-state index < -0.39 is 5.97 Å². The number of nitrogens with zero attached hydrogens (tertiary/aromatic N) is 4. The topological polar surface area (TPSA) is 80.9 Å². The number of aromatic nitrogens is 4. The summed E-state index contributed by atoms with van der Waals surface area (Å²) >= 11 is 5.82. The van der Waals surface area contributed by atoms with Crippen LogP contribution in [0.25, 0.3) is 0 Å². The van der Waals surface area contributed by atoms with E-state index in [0.29, 0.717) is 30.2 Å². The molecule has 100 valence electrons. The van der Waals surface area contributed by atoms with Crippen molar-refractivity contribution >= 4 is 17.6 Å². The van der Waals surface area contributed by atoms with Gasteiger partial charge in [-0.2, -0.15) is 0 Å². The second-order valence-corrected chi connectivity index (χ2v) is 4.56. The molecule has 2 rings (SSSR count). The van der Waals surface area contributed by atoms with Gasteiger partial charge in [0.2, 0.25) is 0 Å². The molecule has 0 unspecified atom stereocenters. The van der Waals surface area contributed by atoms with Gasteiger partial charge < -0.3 is 5.11 Å². The molecule has 7 heteroatoms. The van der Waals surface area contributed by atoms with E-state index in [-0.39, 0.29) is 6.42 Å². The van der Waals surface area contributed by atoms with E-state index in [1.807, 2.05) is 24.3 Å². The summed E-state index contributed by atoms with van der Waals surface area (Å²) in [6, 6.07) is 7.46. The quantitative estimate of drug-likeness (QED) is 0.872. The summed E-state index contributed by atoms with van der Waals surface area (Å²) in [7, 11) is 0. The minimum Gasteiger partial charge on any atom is -0.481 e. The van der Waals surface area contributed by atoms with E-state index in [4.69, 9.17) is 16.7 Å². The fourth-order valence-electron chi connectivity index (χ4n) is 1.69. The molecule has 6 nitrogen and oxygen atoms in total. The van der Waals surface area contributed by atoms with Crippen LogP contribution in [0.2, 0.25) is 5.02 Å². The van der Waals surface area contributed by atoms with Crippen molar-refractivity contribution in [2.45, 2.75) is 25.8 Å². The third-order valence-corrected chi connectivity index (χ3v) is 2.89. The molecule has 0 atom stereocenters. The Labute approximate surface area is 115 Å². The Morgan fingerprint density at radius 3 is 2.74 bits per heavy atom. The van der Waals surface area contributed by atoms with Crippen molar-refractivity contribution in [3.63, 3.8) is 0 Å². The first kappa shape index (κ1) is 13.5. The van der Waals surface area contributed by atoms with Crippen LogP contribution in [-0.2, 0) is 17.8 Å². The van der Waals surface area contributed by atoms with Crippen LogP contribution < -0.4 is 0 Å². The third kappa shape index (κ3) is 4.03. The number of tetrazole rings is 1. The van der Waals surface area contributed by atoms with Crippen molar-refractivity contribution in [3.8, 4) is 0 Å². The van der Waals surface area contributed by atoms with Crippen molar-refractivity contribution < 1.29 is 9.90 Å². The molecule has 0 amide bonds. The zero-order valence-electron chi connectivity index (χ0n) is 10.2. The first-order valence-corrected chi connectivity index (χ1v) is 6.24. The zero-order valence-corrected chi connectivity index (χ0v) is 10.9. The van der Waals surface area contributed by atoms with Crippen LogP contribution in [0.4, 0.5) is 0 Å². The molecule has 0 saturated carbocycles. The fraction of sp³-hybridized carbons (Fsp3) is 0.333. The molecular weight excluding hydrogens is 268 g/mol. The number of carboxylic acid groups (broad SMARTS) is 1. The van der Waals surface area contributed by atoms with Gasteiger partial charge in [-0.05, 0) is 34.5 Å². The van der Waals surface area contributed by atoms with Gasteiger partial charge in [-0.1, -0.05) is 23.7 Å². The van der Waals surface area contributed by atoms with E-state index >= 15 is 0 Å². The van der Waals surface area contributed by atoms with Gasteiger partial charge >= 0.3 is 5.97 Å². The maximum absolute atomic E-state index is 10.5. The molecule has 0 spiro atoms. The number of benzene rings is 1.